The van der Waals surface area contributed by atoms with Gasteiger partial charge in [-0.05, 0) is 13.0 Å². The number of halogens is 1. The average Bonchev–Trinajstić information content (AvgIpc) is 2.73. The van der Waals surface area contributed by atoms with Crippen molar-refractivity contribution in [1.29, 1.82) is 0 Å². The largest absolute Gasteiger partial charge is 0.487 e. The van der Waals surface area contributed by atoms with E-state index in [1.165, 1.54) is 0 Å². The van der Waals surface area contributed by atoms with E-state index in [2.05, 4.69) is 4.98 Å². The number of nitrogens with zero attached hydrogens (tertiary/aromatic N) is 1. The van der Waals surface area contributed by atoms with E-state index < -0.39 is 0 Å². The molecule has 16 heavy (non-hydrogen) atoms. The topological polar surface area (TPSA) is 22.1 Å². The first-order chi connectivity index (χ1) is 7.79. The number of rotatable bonds is 4. The van der Waals surface area contributed by atoms with Crippen LogP contribution in [0.2, 0.25) is 0 Å². The van der Waals surface area contributed by atoms with Gasteiger partial charge in [-0.3, -0.25) is 0 Å². The highest BCUT2D eigenvalue weighted by molar-refractivity contribution is 7.09. The molecule has 0 N–H and O–H groups in total. The van der Waals surface area contributed by atoms with Gasteiger partial charge in [-0.15, -0.1) is 22.9 Å². The van der Waals surface area contributed by atoms with Gasteiger partial charge in [0.2, 0.25) is 0 Å². The van der Waals surface area contributed by atoms with E-state index in [1.54, 1.807) is 11.3 Å². The highest BCUT2D eigenvalue weighted by Crippen LogP contribution is 2.21. The molecule has 0 aliphatic rings. The number of hydrogen-bond acceptors (Lipinski definition) is 3. The van der Waals surface area contributed by atoms with Gasteiger partial charge in [-0.2, -0.15) is 0 Å². The van der Waals surface area contributed by atoms with Crippen LogP contribution in [0.1, 0.15) is 16.3 Å². The highest BCUT2D eigenvalue weighted by atomic mass is 35.5. The van der Waals surface area contributed by atoms with Gasteiger partial charge < -0.3 is 4.74 Å². The molecule has 2 aromatic rings. The van der Waals surface area contributed by atoms with Gasteiger partial charge in [0, 0.05) is 10.9 Å². The second kappa shape index (κ2) is 5.32. The Morgan fingerprint density at radius 3 is 2.88 bits per heavy atom. The molecule has 0 amide bonds. The predicted molar refractivity (Wildman–Crippen MR) is 67.2 cm³/mol. The summed E-state index contributed by atoms with van der Waals surface area (Å²) in [6, 6.07) is 7.79. The summed E-state index contributed by atoms with van der Waals surface area (Å²) in [5, 5.41) is 3.07. The normalized spacial score (nSPS) is 10.4. The first-order valence-corrected chi connectivity index (χ1v) is 6.38. The van der Waals surface area contributed by atoms with Crippen LogP contribution in [0.15, 0.2) is 29.6 Å². The van der Waals surface area contributed by atoms with Crippen LogP contribution >= 0.6 is 22.9 Å². The van der Waals surface area contributed by atoms with Crippen molar-refractivity contribution in [3.05, 3.63) is 45.9 Å². The zero-order valence-electron chi connectivity index (χ0n) is 8.94. The number of alkyl halides is 1. The SMILES string of the molecule is Cc1nc(COc2ccccc2CCl)cs1. The maximum atomic E-state index is 5.82. The Hall–Kier alpha value is -1.06. The van der Waals surface area contributed by atoms with Gasteiger partial charge in [0.25, 0.3) is 0 Å². The Balaban J connectivity index is 2.04. The lowest BCUT2D eigenvalue weighted by atomic mass is 10.2. The molecule has 1 heterocycles. The van der Waals surface area contributed by atoms with Crippen molar-refractivity contribution < 1.29 is 4.74 Å². The Labute approximate surface area is 104 Å². The van der Waals surface area contributed by atoms with Crippen molar-refractivity contribution >= 4 is 22.9 Å². The summed E-state index contributed by atoms with van der Waals surface area (Å²) in [4.78, 5) is 4.34. The van der Waals surface area contributed by atoms with Crippen LogP contribution in [0.25, 0.3) is 0 Å². The van der Waals surface area contributed by atoms with Crippen LogP contribution in [0.3, 0.4) is 0 Å². The molecule has 2 nitrogen and oxygen atoms in total. The van der Waals surface area contributed by atoms with Gasteiger partial charge in [-0.25, -0.2) is 4.98 Å². The average molecular weight is 254 g/mol. The molecule has 1 aromatic heterocycles. The van der Waals surface area contributed by atoms with E-state index in [4.69, 9.17) is 16.3 Å². The number of hydrogen-bond donors (Lipinski definition) is 0. The van der Waals surface area contributed by atoms with Crippen LogP contribution in [0.5, 0.6) is 5.75 Å². The number of thiazole rings is 1. The summed E-state index contributed by atoms with van der Waals surface area (Å²) in [7, 11) is 0. The van der Waals surface area contributed by atoms with Crippen molar-refractivity contribution in [3.8, 4) is 5.75 Å². The van der Waals surface area contributed by atoms with E-state index in [-0.39, 0.29) is 0 Å². The Morgan fingerprint density at radius 1 is 1.38 bits per heavy atom. The maximum absolute atomic E-state index is 5.82. The third kappa shape index (κ3) is 2.74. The van der Waals surface area contributed by atoms with Gasteiger partial charge in [0.05, 0.1) is 16.6 Å². The fourth-order valence-corrected chi connectivity index (χ4v) is 2.20. The predicted octanol–water partition coefficient (Wildman–Crippen LogP) is 3.77. The quantitative estimate of drug-likeness (QED) is 0.774. The second-order valence-corrected chi connectivity index (χ2v) is 4.72. The third-order valence-electron chi connectivity index (χ3n) is 2.16. The van der Waals surface area contributed by atoms with Gasteiger partial charge in [0.15, 0.2) is 0 Å². The van der Waals surface area contributed by atoms with Crippen LogP contribution < -0.4 is 4.74 Å². The van der Waals surface area contributed by atoms with Crippen LogP contribution in [-0.4, -0.2) is 4.98 Å². The summed E-state index contributed by atoms with van der Waals surface area (Å²) in [5.74, 6) is 1.30. The molecule has 0 unspecified atom stereocenters. The van der Waals surface area contributed by atoms with Crippen LogP contribution in [0.4, 0.5) is 0 Å². The first-order valence-electron chi connectivity index (χ1n) is 4.97. The Bertz CT molecular complexity index is 470. The van der Waals surface area contributed by atoms with Gasteiger partial charge >= 0.3 is 0 Å². The van der Waals surface area contributed by atoms with Crippen molar-refractivity contribution in [1.82, 2.24) is 4.98 Å². The fourth-order valence-electron chi connectivity index (χ4n) is 1.38. The molecule has 1 aromatic carbocycles. The molecule has 2 rings (SSSR count). The number of para-hydroxylation sites is 1. The van der Waals surface area contributed by atoms with Crippen molar-refractivity contribution in [2.75, 3.05) is 0 Å². The van der Waals surface area contributed by atoms with Crippen LogP contribution in [0, 0.1) is 6.92 Å². The molecule has 0 saturated heterocycles. The molecule has 0 radical (unpaired) electrons. The lowest BCUT2D eigenvalue weighted by Gasteiger charge is -2.07. The van der Waals surface area contributed by atoms with Gasteiger partial charge in [-0.1, -0.05) is 18.2 Å². The minimum absolute atomic E-state index is 0.465. The number of ether oxygens (including phenoxy) is 1. The van der Waals surface area contributed by atoms with E-state index in [0.29, 0.717) is 12.5 Å². The van der Waals surface area contributed by atoms with Gasteiger partial charge in [0.1, 0.15) is 12.4 Å². The summed E-state index contributed by atoms with van der Waals surface area (Å²) < 4.78 is 5.69. The molecule has 0 atom stereocenters. The first kappa shape index (κ1) is 11.4. The van der Waals surface area contributed by atoms with E-state index in [0.717, 1.165) is 22.0 Å². The summed E-state index contributed by atoms with van der Waals surface area (Å²) in [6.07, 6.45) is 0. The van der Waals surface area contributed by atoms with Crippen molar-refractivity contribution in [2.45, 2.75) is 19.4 Å². The molecule has 84 valence electrons. The Morgan fingerprint density at radius 2 is 2.19 bits per heavy atom. The van der Waals surface area contributed by atoms with Crippen molar-refractivity contribution in [2.24, 2.45) is 0 Å². The highest BCUT2D eigenvalue weighted by Gasteiger charge is 2.03. The summed E-state index contributed by atoms with van der Waals surface area (Å²) in [5.41, 5.74) is 1.97. The third-order valence-corrected chi connectivity index (χ3v) is 3.27. The fraction of sp³-hybridized carbons (Fsp3) is 0.250. The minimum atomic E-state index is 0.465. The lowest BCUT2D eigenvalue weighted by Crippen LogP contribution is -1.98. The van der Waals surface area contributed by atoms with E-state index in [1.807, 2.05) is 36.6 Å². The Kier molecular flexibility index (Phi) is 3.80. The standard InChI is InChI=1S/C12H12ClNOS/c1-9-14-11(8-16-9)7-15-12-5-3-2-4-10(12)6-13/h2-5,8H,6-7H2,1H3. The number of aryl methyl sites for hydroxylation is 1. The molecule has 0 aliphatic carbocycles. The smallest absolute Gasteiger partial charge is 0.131 e. The summed E-state index contributed by atoms with van der Waals surface area (Å²) in [6.45, 7) is 2.49. The zero-order chi connectivity index (χ0) is 11.4. The van der Waals surface area contributed by atoms with Crippen LogP contribution in [-0.2, 0) is 12.5 Å². The molecule has 0 saturated carbocycles. The number of aromatic nitrogens is 1. The monoisotopic (exact) mass is 253 g/mol. The maximum Gasteiger partial charge on any atom is 0.131 e. The molecular formula is C12H12ClNOS. The van der Waals surface area contributed by atoms with E-state index in [9.17, 15) is 0 Å². The zero-order valence-corrected chi connectivity index (χ0v) is 10.5. The molecule has 0 fully saturated rings. The lowest BCUT2D eigenvalue weighted by molar-refractivity contribution is 0.299. The second-order valence-electron chi connectivity index (χ2n) is 3.39. The molecule has 0 bridgehead atoms. The van der Waals surface area contributed by atoms with E-state index >= 15 is 0 Å². The molecule has 4 heteroatoms. The minimum Gasteiger partial charge on any atom is -0.487 e. The summed E-state index contributed by atoms with van der Waals surface area (Å²) >= 11 is 7.46. The van der Waals surface area contributed by atoms with Crippen molar-refractivity contribution in [3.63, 3.8) is 0 Å². The molecular weight excluding hydrogens is 242 g/mol. The number of benzene rings is 1. The molecule has 0 spiro atoms. The molecule has 0 aliphatic heterocycles.